The lowest BCUT2D eigenvalue weighted by Crippen LogP contribution is -2.12. The molecule has 2 aromatic rings. The van der Waals surface area contributed by atoms with Crippen LogP contribution in [0.2, 0.25) is 0 Å². The molecule has 130 valence electrons. The zero-order chi connectivity index (χ0) is 18.0. The van der Waals surface area contributed by atoms with E-state index in [-0.39, 0.29) is 10.8 Å². The van der Waals surface area contributed by atoms with Gasteiger partial charge in [0.1, 0.15) is 11.1 Å². The summed E-state index contributed by atoms with van der Waals surface area (Å²) in [5.41, 5.74) is 2.01. The van der Waals surface area contributed by atoms with Crippen molar-refractivity contribution in [3.05, 3.63) is 45.8 Å². The largest absolute Gasteiger partial charge is 0.312 e. The molecule has 5 nitrogen and oxygen atoms in total. The molecule has 1 aliphatic rings. The topological polar surface area (TPSA) is 87.0 Å². The van der Waals surface area contributed by atoms with Crippen molar-refractivity contribution in [2.75, 3.05) is 11.6 Å². The van der Waals surface area contributed by atoms with Gasteiger partial charge in [-0.15, -0.1) is 11.3 Å². The quantitative estimate of drug-likeness (QED) is 0.833. The van der Waals surface area contributed by atoms with Crippen LogP contribution in [0, 0.1) is 11.3 Å². The van der Waals surface area contributed by atoms with Crippen LogP contribution in [0.1, 0.15) is 45.6 Å². The van der Waals surface area contributed by atoms with Crippen LogP contribution in [0.4, 0.5) is 5.00 Å². The average Bonchev–Trinajstić information content (AvgIpc) is 2.74. The summed E-state index contributed by atoms with van der Waals surface area (Å²) in [4.78, 5) is 13.8. The maximum atomic E-state index is 12.5. The van der Waals surface area contributed by atoms with E-state index >= 15 is 0 Å². The predicted molar refractivity (Wildman–Crippen MR) is 97.8 cm³/mol. The molecule has 1 aliphatic carbocycles. The van der Waals surface area contributed by atoms with Gasteiger partial charge in [0.15, 0.2) is 9.84 Å². The summed E-state index contributed by atoms with van der Waals surface area (Å²) in [6.07, 6.45) is 6.30. The van der Waals surface area contributed by atoms with Crippen molar-refractivity contribution >= 4 is 32.1 Å². The zero-order valence-electron chi connectivity index (χ0n) is 13.8. The summed E-state index contributed by atoms with van der Waals surface area (Å²) in [6.45, 7) is 0. The number of aryl methyl sites for hydroxylation is 1. The van der Waals surface area contributed by atoms with Crippen LogP contribution in [0.5, 0.6) is 0 Å². The molecule has 0 unspecified atom stereocenters. The van der Waals surface area contributed by atoms with Crippen molar-refractivity contribution in [1.82, 2.24) is 0 Å². The van der Waals surface area contributed by atoms with Crippen molar-refractivity contribution in [1.29, 1.82) is 5.26 Å². The fraction of sp³-hybridized carbons (Fsp3) is 0.333. The molecule has 1 aromatic carbocycles. The van der Waals surface area contributed by atoms with E-state index in [0.29, 0.717) is 16.1 Å². The van der Waals surface area contributed by atoms with Crippen LogP contribution in [0.15, 0.2) is 29.2 Å². The molecule has 1 aromatic heterocycles. The maximum absolute atomic E-state index is 12.5. The molecular weight excluding hydrogens is 356 g/mol. The van der Waals surface area contributed by atoms with Crippen LogP contribution in [0.3, 0.4) is 0 Å². The van der Waals surface area contributed by atoms with Crippen molar-refractivity contribution in [3.63, 3.8) is 0 Å². The third kappa shape index (κ3) is 3.75. The van der Waals surface area contributed by atoms with Crippen LogP contribution < -0.4 is 5.32 Å². The Morgan fingerprint density at radius 3 is 2.48 bits per heavy atom. The molecule has 0 atom stereocenters. The minimum Gasteiger partial charge on any atom is -0.312 e. The number of anilines is 1. The molecule has 0 spiro atoms. The fourth-order valence-corrected chi connectivity index (χ4v) is 4.84. The Hall–Kier alpha value is -2.17. The molecule has 0 fully saturated rings. The molecule has 0 aliphatic heterocycles. The molecule has 0 radical (unpaired) electrons. The van der Waals surface area contributed by atoms with Crippen molar-refractivity contribution in [2.24, 2.45) is 0 Å². The van der Waals surface area contributed by atoms with Crippen LogP contribution >= 0.6 is 11.3 Å². The molecule has 1 N–H and O–H groups in total. The molecule has 1 amide bonds. The Morgan fingerprint density at radius 1 is 1.16 bits per heavy atom. The van der Waals surface area contributed by atoms with Gasteiger partial charge < -0.3 is 5.32 Å². The van der Waals surface area contributed by atoms with E-state index in [1.165, 1.54) is 46.9 Å². The van der Waals surface area contributed by atoms with Crippen LogP contribution in [-0.4, -0.2) is 20.6 Å². The van der Waals surface area contributed by atoms with Gasteiger partial charge in [-0.2, -0.15) is 5.26 Å². The second kappa shape index (κ2) is 6.98. The Kier molecular flexibility index (Phi) is 4.93. The Labute approximate surface area is 151 Å². The molecule has 1 heterocycles. The Morgan fingerprint density at radius 2 is 1.84 bits per heavy atom. The molecule has 3 rings (SSSR count). The molecule has 0 saturated heterocycles. The molecule has 25 heavy (non-hydrogen) atoms. The molecule has 7 heteroatoms. The smallest absolute Gasteiger partial charge is 0.256 e. The Balaban J connectivity index is 1.85. The lowest BCUT2D eigenvalue weighted by atomic mass is 10.1. The number of amides is 1. The lowest BCUT2D eigenvalue weighted by Gasteiger charge is -2.05. The third-order valence-electron chi connectivity index (χ3n) is 4.30. The number of thiophene rings is 1. The average molecular weight is 374 g/mol. The number of nitrogens with zero attached hydrogens (tertiary/aromatic N) is 1. The number of nitrogens with one attached hydrogen (secondary N) is 1. The summed E-state index contributed by atoms with van der Waals surface area (Å²) < 4.78 is 23.0. The van der Waals surface area contributed by atoms with Gasteiger partial charge in [-0.25, -0.2) is 8.42 Å². The van der Waals surface area contributed by atoms with Gasteiger partial charge in [0.2, 0.25) is 0 Å². The van der Waals surface area contributed by atoms with Gasteiger partial charge in [-0.3, -0.25) is 4.79 Å². The van der Waals surface area contributed by atoms with E-state index in [1.54, 1.807) is 0 Å². The second-order valence-corrected chi connectivity index (χ2v) is 9.25. The summed E-state index contributed by atoms with van der Waals surface area (Å²) in [6, 6.07) is 8.03. The summed E-state index contributed by atoms with van der Waals surface area (Å²) >= 11 is 1.48. The van der Waals surface area contributed by atoms with Crippen molar-refractivity contribution in [3.8, 4) is 6.07 Å². The van der Waals surface area contributed by atoms with Gasteiger partial charge in [0.25, 0.3) is 5.91 Å². The van der Waals surface area contributed by atoms with E-state index in [0.717, 1.165) is 37.5 Å². The highest BCUT2D eigenvalue weighted by Gasteiger charge is 2.21. The van der Waals surface area contributed by atoms with Crippen molar-refractivity contribution < 1.29 is 13.2 Å². The number of carbonyl (C=O) groups excluding carboxylic acids is 1. The summed E-state index contributed by atoms with van der Waals surface area (Å²) in [7, 11) is -3.29. The van der Waals surface area contributed by atoms with E-state index in [4.69, 9.17) is 0 Å². The monoisotopic (exact) mass is 374 g/mol. The zero-order valence-corrected chi connectivity index (χ0v) is 15.5. The number of carbonyl (C=O) groups is 1. The number of sulfone groups is 1. The fourth-order valence-electron chi connectivity index (χ4n) is 2.98. The Bertz CT molecular complexity index is 951. The number of hydrogen-bond donors (Lipinski definition) is 1. The van der Waals surface area contributed by atoms with Gasteiger partial charge in [0, 0.05) is 16.7 Å². The first-order valence-electron chi connectivity index (χ1n) is 8.06. The van der Waals surface area contributed by atoms with Gasteiger partial charge in [-0.1, -0.05) is 6.42 Å². The molecule has 0 saturated carbocycles. The second-order valence-electron chi connectivity index (χ2n) is 6.13. The highest BCUT2D eigenvalue weighted by atomic mass is 32.2. The number of fused-ring (bicyclic) bond motifs is 1. The number of benzene rings is 1. The SMILES string of the molecule is CS(=O)(=O)c1ccc(C(=O)Nc2sc3c(c2C#N)CCCCC3)cc1. The minimum atomic E-state index is -3.29. The predicted octanol–water partition coefficient (Wildman–Crippen LogP) is 3.54. The van der Waals surface area contributed by atoms with Gasteiger partial charge in [-0.05, 0) is 55.5 Å². The normalized spacial score (nSPS) is 14.2. The maximum Gasteiger partial charge on any atom is 0.256 e. The van der Waals surface area contributed by atoms with E-state index in [1.807, 2.05) is 0 Å². The van der Waals surface area contributed by atoms with E-state index in [9.17, 15) is 18.5 Å². The van der Waals surface area contributed by atoms with Gasteiger partial charge in [0.05, 0.1) is 10.5 Å². The summed E-state index contributed by atoms with van der Waals surface area (Å²) in [5, 5.41) is 12.9. The van der Waals surface area contributed by atoms with Gasteiger partial charge >= 0.3 is 0 Å². The first-order chi connectivity index (χ1) is 11.9. The number of rotatable bonds is 3. The molecule has 0 bridgehead atoms. The standard InChI is InChI=1S/C18H18N2O3S2/c1-25(22,23)13-9-7-12(8-10-13)17(21)20-18-15(11-19)14-5-3-2-4-6-16(14)24-18/h7-10H,2-6H2,1H3,(H,20,21). The van der Waals surface area contributed by atoms with Crippen LogP contribution in [-0.2, 0) is 22.7 Å². The highest BCUT2D eigenvalue weighted by Crippen LogP contribution is 2.37. The highest BCUT2D eigenvalue weighted by molar-refractivity contribution is 7.90. The lowest BCUT2D eigenvalue weighted by molar-refractivity contribution is 0.102. The third-order valence-corrected chi connectivity index (χ3v) is 6.64. The summed E-state index contributed by atoms with van der Waals surface area (Å²) in [5.74, 6) is -0.340. The van der Waals surface area contributed by atoms with E-state index < -0.39 is 9.84 Å². The minimum absolute atomic E-state index is 0.171. The molecular formula is C18H18N2O3S2. The first kappa shape index (κ1) is 17.6. The number of hydrogen-bond acceptors (Lipinski definition) is 5. The van der Waals surface area contributed by atoms with Crippen molar-refractivity contribution in [2.45, 2.75) is 37.0 Å². The van der Waals surface area contributed by atoms with E-state index in [2.05, 4.69) is 11.4 Å². The first-order valence-corrected chi connectivity index (χ1v) is 10.8. The van der Waals surface area contributed by atoms with Crippen LogP contribution in [0.25, 0.3) is 0 Å². The number of nitriles is 1.